The second kappa shape index (κ2) is 10.2. The Balaban J connectivity index is 1.92. The zero-order chi connectivity index (χ0) is 20.7. The average molecular weight is 406 g/mol. The maximum atomic E-state index is 13.8. The van der Waals surface area contributed by atoms with Crippen LogP contribution in [0.3, 0.4) is 0 Å². The molecule has 0 saturated carbocycles. The summed E-state index contributed by atoms with van der Waals surface area (Å²) in [4.78, 5) is 26.1. The summed E-state index contributed by atoms with van der Waals surface area (Å²) in [6.45, 7) is 6.76. The molecule has 0 saturated heterocycles. The van der Waals surface area contributed by atoms with Gasteiger partial charge < -0.3 is 10.2 Å². The van der Waals surface area contributed by atoms with Gasteiger partial charge >= 0.3 is 0 Å². The Morgan fingerprint density at radius 3 is 2.14 bits per heavy atom. The summed E-state index contributed by atoms with van der Waals surface area (Å²) in [5.74, 6) is -1.52. The van der Waals surface area contributed by atoms with Crippen molar-refractivity contribution in [2.75, 3.05) is 24.2 Å². The minimum absolute atomic E-state index is 0.0282. The summed E-state index contributed by atoms with van der Waals surface area (Å²) in [6.07, 6.45) is 0. The van der Waals surface area contributed by atoms with Gasteiger partial charge in [0, 0.05) is 35.2 Å². The van der Waals surface area contributed by atoms with Crippen molar-refractivity contribution >= 4 is 29.3 Å². The van der Waals surface area contributed by atoms with Crippen LogP contribution in [0.5, 0.6) is 0 Å². The molecular weight excluding hydrogens is 382 g/mol. The number of thioether (sulfide) groups is 1. The van der Waals surface area contributed by atoms with Crippen molar-refractivity contribution in [2.24, 2.45) is 0 Å². The Hall–Kier alpha value is -2.41. The zero-order valence-corrected chi connectivity index (χ0v) is 17.0. The molecule has 2 aromatic carbocycles. The molecule has 150 valence electrons. The molecule has 0 aromatic heterocycles. The zero-order valence-electron chi connectivity index (χ0n) is 16.2. The first-order valence-corrected chi connectivity index (χ1v) is 10.2. The molecule has 0 aliphatic rings. The lowest BCUT2D eigenvalue weighted by Gasteiger charge is -2.18. The highest BCUT2D eigenvalue weighted by atomic mass is 32.2. The molecule has 0 aliphatic carbocycles. The van der Waals surface area contributed by atoms with Gasteiger partial charge in [0.1, 0.15) is 11.6 Å². The van der Waals surface area contributed by atoms with Crippen LogP contribution in [-0.2, 0) is 4.79 Å². The van der Waals surface area contributed by atoms with Crippen LogP contribution in [0.15, 0.2) is 42.5 Å². The summed E-state index contributed by atoms with van der Waals surface area (Å²) in [5, 5.41) is 2.23. The molecule has 0 heterocycles. The van der Waals surface area contributed by atoms with Gasteiger partial charge in [-0.15, -0.1) is 11.8 Å². The van der Waals surface area contributed by atoms with Gasteiger partial charge in [0.05, 0.1) is 5.75 Å². The van der Waals surface area contributed by atoms with Crippen molar-refractivity contribution < 1.29 is 18.4 Å². The minimum Gasteiger partial charge on any atom is -0.339 e. The lowest BCUT2D eigenvalue weighted by Crippen LogP contribution is -2.30. The van der Waals surface area contributed by atoms with Crippen LogP contribution in [0.4, 0.5) is 14.5 Å². The number of nitrogens with one attached hydrogen (secondary N) is 1. The largest absolute Gasteiger partial charge is 0.339 e. The standard InChI is InChI=1S/C21H24F2N2O2S/c1-4-25(5-2)21(27)15-9-11-16(12-10-15)24-19(26)13-28-14(3)20-17(22)7-6-8-18(20)23/h6-12,14H,4-5,13H2,1-3H3,(H,24,26). The van der Waals surface area contributed by atoms with E-state index in [2.05, 4.69) is 5.32 Å². The van der Waals surface area contributed by atoms with Crippen molar-refractivity contribution in [1.82, 2.24) is 4.90 Å². The van der Waals surface area contributed by atoms with Gasteiger partial charge in [-0.3, -0.25) is 9.59 Å². The maximum absolute atomic E-state index is 13.8. The average Bonchev–Trinajstić information content (AvgIpc) is 2.67. The second-order valence-electron chi connectivity index (χ2n) is 6.19. The van der Waals surface area contributed by atoms with Crippen LogP contribution in [-0.4, -0.2) is 35.6 Å². The lowest BCUT2D eigenvalue weighted by atomic mass is 10.1. The Kier molecular flexibility index (Phi) is 7.99. The predicted molar refractivity (Wildman–Crippen MR) is 110 cm³/mol. The highest BCUT2D eigenvalue weighted by Crippen LogP contribution is 2.31. The molecule has 1 atom stereocenters. The summed E-state index contributed by atoms with van der Waals surface area (Å²) in [5.41, 5.74) is 1.09. The molecule has 2 amide bonds. The topological polar surface area (TPSA) is 49.4 Å². The highest BCUT2D eigenvalue weighted by Gasteiger charge is 2.18. The van der Waals surface area contributed by atoms with E-state index in [1.807, 2.05) is 13.8 Å². The Bertz CT molecular complexity index is 803. The van der Waals surface area contributed by atoms with Gasteiger partial charge in [0.25, 0.3) is 5.91 Å². The Labute approximate surface area is 168 Å². The maximum Gasteiger partial charge on any atom is 0.253 e. The predicted octanol–water partition coefficient (Wildman–Crippen LogP) is 4.88. The van der Waals surface area contributed by atoms with Crippen LogP contribution in [0.2, 0.25) is 0 Å². The van der Waals surface area contributed by atoms with E-state index in [4.69, 9.17) is 0 Å². The van der Waals surface area contributed by atoms with Crippen molar-refractivity contribution in [3.05, 3.63) is 65.2 Å². The van der Waals surface area contributed by atoms with Gasteiger partial charge in [-0.05, 0) is 57.2 Å². The van der Waals surface area contributed by atoms with Crippen LogP contribution >= 0.6 is 11.8 Å². The summed E-state index contributed by atoms with van der Waals surface area (Å²) >= 11 is 1.15. The SMILES string of the molecule is CCN(CC)C(=O)c1ccc(NC(=O)CSC(C)c2c(F)cccc2F)cc1. The number of amides is 2. The van der Waals surface area contributed by atoms with Gasteiger partial charge in [-0.2, -0.15) is 0 Å². The van der Waals surface area contributed by atoms with Gasteiger partial charge in [0.2, 0.25) is 5.91 Å². The van der Waals surface area contributed by atoms with Crippen molar-refractivity contribution in [2.45, 2.75) is 26.0 Å². The summed E-state index contributed by atoms with van der Waals surface area (Å²) < 4.78 is 27.6. The smallest absolute Gasteiger partial charge is 0.253 e. The first-order valence-electron chi connectivity index (χ1n) is 9.12. The van der Waals surface area contributed by atoms with Crippen molar-refractivity contribution in [1.29, 1.82) is 0 Å². The van der Waals surface area contributed by atoms with Gasteiger partial charge in [-0.1, -0.05) is 6.07 Å². The second-order valence-corrected chi connectivity index (χ2v) is 7.52. The molecule has 2 rings (SSSR count). The van der Waals surface area contributed by atoms with Gasteiger partial charge in [0.15, 0.2) is 0 Å². The van der Waals surface area contributed by atoms with E-state index in [9.17, 15) is 18.4 Å². The Morgan fingerprint density at radius 1 is 1.04 bits per heavy atom. The number of carbonyl (C=O) groups is 2. The minimum atomic E-state index is -0.617. The molecule has 0 fully saturated rings. The van der Waals surface area contributed by atoms with Crippen LogP contribution in [0.1, 0.15) is 41.9 Å². The van der Waals surface area contributed by atoms with E-state index in [1.54, 1.807) is 36.1 Å². The molecule has 2 aromatic rings. The number of halogens is 2. The summed E-state index contributed by atoms with van der Waals surface area (Å²) in [7, 11) is 0. The van der Waals surface area contributed by atoms with Crippen LogP contribution in [0, 0.1) is 11.6 Å². The fourth-order valence-electron chi connectivity index (χ4n) is 2.77. The van der Waals surface area contributed by atoms with E-state index in [0.29, 0.717) is 24.3 Å². The lowest BCUT2D eigenvalue weighted by molar-refractivity contribution is -0.113. The number of nitrogens with zero attached hydrogens (tertiary/aromatic N) is 1. The monoisotopic (exact) mass is 406 g/mol. The van der Waals surface area contributed by atoms with Crippen molar-refractivity contribution in [3.63, 3.8) is 0 Å². The van der Waals surface area contributed by atoms with E-state index >= 15 is 0 Å². The number of anilines is 1. The van der Waals surface area contributed by atoms with Crippen molar-refractivity contribution in [3.8, 4) is 0 Å². The first-order chi connectivity index (χ1) is 13.4. The molecule has 0 spiro atoms. The van der Waals surface area contributed by atoms with E-state index < -0.39 is 16.9 Å². The van der Waals surface area contributed by atoms with Crippen LogP contribution < -0.4 is 5.32 Å². The van der Waals surface area contributed by atoms with E-state index in [0.717, 1.165) is 11.8 Å². The molecule has 7 heteroatoms. The molecule has 1 N–H and O–H groups in total. The van der Waals surface area contributed by atoms with E-state index in [-0.39, 0.29) is 23.1 Å². The van der Waals surface area contributed by atoms with E-state index in [1.165, 1.54) is 18.2 Å². The molecule has 0 aliphatic heterocycles. The number of benzene rings is 2. The third-order valence-electron chi connectivity index (χ3n) is 4.34. The summed E-state index contributed by atoms with van der Waals surface area (Å²) in [6, 6.07) is 10.4. The fraction of sp³-hybridized carbons (Fsp3) is 0.333. The normalized spacial score (nSPS) is 11.8. The van der Waals surface area contributed by atoms with Crippen LogP contribution in [0.25, 0.3) is 0 Å². The van der Waals surface area contributed by atoms with Gasteiger partial charge in [-0.25, -0.2) is 8.78 Å². The number of hydrogen-bond acceptors (Lipinski definition) is 3. The quantitative estimate of drug-likeness (QED) is 0.680. The molecule has 0 bridgehead atoms. The third-order valence-corrected chi connectivity index (χ3v) is 5.50. The fourth-order valence-corrected chi connectivity index (χ4v) is 3.64. The third kappa shape index (κ3) is 5.55. The number of hydrogen-bond donors (Lipinski definition) is 1. The first kappa shape index (κ1) is 21.9. The highest BCUT2D eigenvalue weighted by molar-refractivity contribution is 8.00. The molecular formula is C21H24F2N2O2S. The number of carbonyl (C=O) groups excluding carboxylic acids is 2. The number of rotatable bonds is 8. The molecule has 4 nitrogen and oxygen atoms in total. The molecule has 1 unspecified atom stereocenters. The molecule has 0 radical (unpaired) electrons. The Morgan fingerprint density at radius 2 is 1.61 bits per heavy atom. The molecule has 28 heavy (non-hydrogen) atoms.